The second kappa shape index (κ2) is 6.50. The molecule has 21 heavy (non-hydrogen) atoms. The van der Waals surface area contributed by atoms with E-state index in [-0.39, 0.29) is 5.91 Å². The van der Waals surface area contributed by atoms with E-state index in [4.69, 9.17) is 0 Å². The van der Waals surface area contributed by atoms with Crippen molar-refractivity contribution in [3.05, 3.63) is 59.0 Å². The summed E-state index contributed by atoms with van der Waals surface area (Å²) >= 11 is 1.74. The highest BCUT2D eigenvalue weighted by molar-refractivity contribution is 7.09. The van der Waals surface area contributed by atoms with Crippen LogP contribution in [0.25, 0.3) is 10.8 Å². The van der Waals surface area contributed by atoms with Crippen molar-refractivity contribution in [1.29, 1.82) is 0 Å². The molecule has 3 nitrogen and oxygen atoms in total. The predicted octanol–water partition coefficient (Wildman–Crippen LogP) is 4.26. The molecule has 0 saturated heterocycles. The zero-order valence-electron chi connectivity index (χ0n) is 11.6. The lowest BCUT2D eigenvalue weighted by atomic mass is 10.1. The van der Waals surface area contributed by atoms with Gasteiger partial charge in [0.1, 0.15) is 0 Å². The fraction of sp³-hybridized carbons (Fsp3) is 0.176. The van der Waals surface area contributed by atoms with Crippen molar-refractivity contribution in [2.75, 3.05) is 5.32 Å². The molecule has 0 atom stereocenters. The smallest absolute Gasteiger partial charge is 0.224 e. The zero-order valence-corrected chi connectivity index (χ0v) is 12.4. The maximum absolute atomic E-state index is 12.1. The molecule has 0 aliphatic rings. The molecular weight excluding hydrogens is 280 g/mol. The van der Waals surface area contributed by atoms with Gasteiger partial charge in [-0.2, -0.15) is 0 Å². The third-order valence-corrected chi connectivity index (χ3v) is 4.30. The Bertz CT molecular complexity index is 732. The van der Waals surface area contributed by atoms with Crippen molar-refractivity contribution in [2.45, 2.75) is 19.3 Å². The molecule has 2 heterocycles. The van der Waals surface area contributed by atoms with Crippen LogP contribution in [0.1, 0.15) is 17.7 Å². The lowest BCUT2D eigenvalue weighted by Crippen LogP contribution is -2.11. The fourth-order valence-corrected chi connectivity index (χ4v) is 3.07. The maximum Gasteiger partial charge on any atom is 0.224 e. The van der Waals surface area contributed by atoms with Crippen molar-refractivity contribution < 1.29 is 4.79 Å². The summed E-state index contributed by atoms with van der Waals surface area (Å²) in [6, 6.07) is 11.9. The molecule has 106 valence electrons. The van der Waals surface area contributed by atoms with Gasteiger partial charge in [0.25, 0.3) is 0 Å². The van der Waals surface area contributed by atoms with E-state index in [1.54, 1.807) is 17.5 Å². The highest BCUT2D eigenvalue weighted by Gasteiger charge is 2.06. The fourth-order valence-electron chi connectivity index (χ4n) is 2.32. The van der Waals surface area contributed by atoms with Crippen LogP contribution in [0.5, 0.6) is 0 Å². The summed E-state index contributed by atoms with van der Waals surface area (Å²) in [6.45, 7) is 0. The first-order valence-corrected chi connectivity index (χ1v) is 7.86. The zero-order chi connectivity index (χ0) is 14.5. The minimum atomic E-state index is 0.0656. The largest absolute Gasteiger partial charge is 0.326 e. The second-order valence-electron chi connectivity index (χ2n) is 4.88. The van der Waals surface area contributed by atoms with Crippen LogP contribution in [0.3, 0.4) is 0 Å². The van der Waals surface area contributed by atoms with Gasteiger partial charge >= 0.3 is 0 Å². The Morgan fingerprint density at radius 1 is 1.19 bits per heavy atom. The molecule has 0 radical (unpaired) electrons. The van der Waals surface area contributed by atoms with Gasteiger partial charge in [-0.15, -0.1) is 11.3 Å². The first-order valence-electron chi connectivity index (χ1n) is 6.98. The number of carbonyl (C=O) groups is 1. The van der Waals surface area contributed by atoms with Gasteiger partial charge in [0, 0.05) is 40.2 Å². The van der Waals surface area contributed by atoms with Crippen LogP contribution in [-0.4, -0.2) is 10.9 Å². The van der Waals surface area contributed by atoms with Gasteiger partial charge in [-0.25, -0.2) is 0 Å². The first kappa shape index (κ1) is 13.8. The number of fused-ring (bicyclic) bond motifs is 1. The molecule has 0 fully saturated rings. The normalized spacial score (nSPS) is 10.7. The number of aromatic nitrogens is 1. The Morgan fingerprint density at radius 2 is 2.14 bits per heavy atom. The maximum atomic E-state index is 12.1. The SMILES string of the molecule is O=C(CCCc1cccs1)Nc1cccc2cnccc12. The third-order valence-electron chi connectivity index (χ3n) is 3.36. The molecule has 3 rings (SSSR count). The van der Waals surface area contributed by atoms with E-state index in [2.05, 4.69) is 21.7 Å². The van der Waals surface area contributed by atoms with Gasteiger partial charge in [-0.1, -0.05) is 18.2 Å². The number of amides is 1. The highest BCUT2D eigenvalue weighted by atomic mass is 32.1. The van der Waals surface area contributed by atoms with Crippen molar-refractivity contribution in [2.24, 2.45) is 0 Å². The van der Waals surface area contributed by atoms with E-state index in [1.165, 1.54) is 4.88 Å². The molecule has 0 aliphatic carbocycles. The van der Waals surface area contributed by atoms with Crippen molar-refractivity contribution in [3.8, 4) is 0 Å². The van der Waals surface area contributed by atoms with E-state index in [0.717, 1.165) is 29.3 Å². The number of aryl methyl sites for hydroxylation is 1. The van der Waals surface area contributed by atoms with Crippen molar-refractivity contribution >= 4 is 33.7 Å². The predicted molar refractivity (Wildman–Crippen MR) is 87.6 cm³/mol. The summed E-state index contributed by atoms with van der Waals surface area (Å²) in [5.41, 5.74) is 0.857. The number of rotatable bonds is 5. The summed E-state index contributed by atoms with van der Waals surface area (Å²) in [5, 5.41) is 7.13. The molecule has 0 aliphatic heterocycles. The number of benzene rings is 1. The molecule has 4 heteroatoms. The lowest BCUT2D eigenvalue weighted by Gasteiger charge is -2.08. The molecule has 1 amide bonds. The minimum Gasteiger partial charge on any atom is -0.326 e. The van der Waals surface area contributed by atoms with Crippen LogP contribution < -0.4 is 5.32 Å². The van der Waals surface area contributed by atoms with Crippen LogP contribution in [0.2, 0.25) is 0 Å². The van der Waals surface area contributed by atoms with Crippen LogP contribution in [0.4, 0.5) is 5.69 Å². The Hall–Kier alpha value is -2.20. The number of anilines is 1. The van der Waals surface area contributed by atoms with Gasteiger partial charge in [-0.05, 0) is 36.4 Å². The van der Waals surface area contributed by atoms with Gasteiger partial charge in [0.15, 0.2) is 0 Å². The number of hydrogen-bond donors (Lipinski definition) is 1. The van der Waals surface area contributed by atoms with Gasteiger partial charge in [-0.3, -0.25) is 9.78 Å². The monoisotopic (exact) mass is 296 g/mol. The average Bonchev–Trinajstić information content (AvgIpc) is 3.01. The Kier molecular flexibility index (Phi) is 4.26. The topological polar surface area (TPSA) is 42.0 Å². The highest BCUT2D eigenvalue weighted by Crippen LogP contribution is 2.22. The summed E-state index contributed by atoms with van der Waals surface area (Å²) in [5.74, 6) is 0.0656. The van der Waals surface area contributed by atoms with E-state index < -0.39 is 0 Å². The van der Waals surface area contributed by atoms with Gasteiger partial charge < -0.3 is 5.32 Å². The molecule has 3 aromatic rings. The number of carbonyl (C=O) groups excluding carboxylic acids is 1. The minimum absolute atomic E-state index is 0.0656. The van der Waals surface area contributed by atoms with E-state index in [9.17, 15) is 4.79 Å². The van der Waals surface area contributed by atoms with E-state index in [1.807, 2.05) is 36.5 Å². The molecular formula is C17H16N2OS. The molecule has 0 bridgehead atoms. The number of nitrogens with one attached hydrogen (secondary N) is 1. The summed E-state index contributed by atoms with van der Waals surface area (Å²) < 4.78 is 0. The van der Waals surface area contributed by atoms with Gasteiger partial charge in [0.2, 0.25) is 5.91 Å². The quantitative estimate of drug-likeness (QED) is 0.764. The standard InChI is InChI=1S/C17H16N2OS/c20-17(8-2-5-14-6-3-11-21-14)19-16-7-1-4-13-12-18-10-9-15(13)16/h1,3-4,6-7,9-12H,2,5,8H2,(H,19,20). The Labute approximate surface area is 127 Å². The van der Waals surface area contributed by atoms with Gasteiger partial charge in [0.05, 0.1) is 0 Å². The summed E-state index contributed by atoms with van der Waals surface area (Å²) in [7, 11) is 0. The van der Waals surface area contributed by atoms with Crippen molar-refractivity contribution in [3.63, 3.8) is 0 Å². The van der Waals surface area contributed by atoms with Crippen molar-refractivity contribution in [1.82, 2.24) is 4.98 Å². The second-order valence-corrected chi connectivity index (χ2v) is 5.92. The molecule has 0 unspecified atom stereocenters. The number of nitrogens with zero attached hydrogens (tertiary/aromatic N) is 1. The number of thiophene rings is 1. The average molecular weight is 296 g/mol. The Balaban J connectivity index is 1.61. The summed E-state index contributed by atoms with van der Waals surface area (Å²) in [4.78, 5) is 17.5. The Morgan fingerprint density at radius 3 is 3.00 bits per heavy atom. The van der Waals surface area contributed by atoms with E-state index in [0.29, 0.717) is 6.42 Å². The lowest BCUT2D eigenvalue weighted by molar-refractivity contribution is -0.116. The number of pyridine rings is 1. The first-order chi connectivity index (χ1) is 10.3. The molecule has 1 N–H and O–H groups in total. The summed E-state index contributed by atoms with van der Waals surface area (Å²) in [6.07, 6.45) is 5.93. The molecule has 0 saturated carbocycles. The molecule has 0 spiro atoms. The molecule has 2 aromatic heterocycles. The number of hydrogen-bond acceptors (Lipinski definition) is 3. The van der Waals surface area contributed by atoms with E-state index >= 15 is 0 Å². The van der Waals surface area contributed by atoms with Crippen LogP contribution in [0.15, 0.2) is 54.2 Å². The van der Waals surface area contributed by atoms with Crippen LogP contribution in [-0.2, 0) is 11.2 Å². The molecule has 1 aromatic carbocycles. The van der Waals surface area contributed by atoms with Crippen LogP contribution >= 0.6 is 11.3 Å². The third kappa shape index (κ3) is 3.47. The van der Waals surface area contributed by atoms with Crippen LogP contribution in [0, 0.1) is 0 Å².